The van der Waals surface area contributed by atoms with E-state index in [1.54, 1.807) is 0 Å². The highest BCUT2D eigenvalue weighted by Crippen LogP contribution is 2.37. The third-order valence-electron chi connectivity index (χ3n) is 9.25. The molecule has 7 aromatic carbocycles. The molecule has 232 valence electrons. The predicted molar refractivity (Wildman–Crippen MR) is 203 cm³/mol. The smallest absolute Gasteiger partial charge is 0.123 e. The molecule has 2 N–H and O–H groups in total. The molecule has 1 aliphatic heterocycles. The number of anilines is 5. The fraction of sp³-hybridized carbons (Fsp3) is 0.0667. The predicted octanol–water partition coefficient (Wildman–Crippen LogP) is 12.3. The van der Waals surface area contributed by atoms with Gasteiger partial charge in [0.25, 0.3) is 0 Å². The first-order chi connectivity index (χ1) is 23.6. The van der Waals surface area contributed by atoms with Gasteiger partial charge in [-0.05, 0) is 101 Å². The average Bonchev–Trinajstić information content (AvgIpc) is 3.59. The van der Waals surface area contributed by atoms with Crippen molar-refractivity contribution >= 4 is 28.4 Å². The monoisotopic (exact) mass is 619 g/mol. The van der Waals surface area contributed by atoms with E-state index in [2.05, 4.69) is 199 Å². The maximum atomic E-state index is 3.56. The van der Waals surface area contributed by atoms with Crippen molar-refractivity contribution in [1.29, 1.82) is 0 Å². The standard InChI is InChI=1S/C45H37N3/c1-31-7-25-40(26-8-31)48(41-27-9-32(2)10-28-41)42-29-23-38(24-30-42)36-17-15-34(16-18-36)33-11-13-35(14-12-33)37-19-21-39(22-20-37)45-46-43-5-3-4-6-44(43)47-45/h3-30,45-47H,1-2H3. The van der Waals surface area contributed by atoms with Gasteiger partial charge in [-0.15, -0.1) is 0 Å². The van der Waals surface area contributed by atoms with Crippen molar-refractivity contribution in [1.82, 2.24) is 0 Å². The van der Waals surface area contributed by atoms with E-state index < -0.39 is 0 Å². The van der Waals surface area contributed by atoms with Gasteiger partial charge in [0.2, 0.25) is 0 Å². The first kappa shape index (κ1) is 29.3. The number of aryl methyl sites for hydroxylation is 2. The van der Waals surface area contributed by atoms with Gasteiger partial charge in [0.05, 0.1) is 11.4 Å². The van der Waals surface area contributed by atoms with Crippen molar-refractivity contribution in [3.63, 3.8) is 0 Å². The quantitative estimate of drug-likeness (QED) is 0.186. The molecule has 0 bridgehead atoms. The lowest BCUT2D eigenvalue weighted by molar-refractivity contribution is 0.942. The van der Waals surface area contributed by atoms with Crippen LogP contribution in [0.5, 0.6) is 0 Å². The Bertz CT molecular complexity index is 2080. The van der Waals surface area contributed by atoms with Gasteiger partial charge in [-0.3, -0.25) is 0 Å². The van der Waals surface area contributed by atoms with Gasteiger partial charge in [-0.2, -0.15) is 0 Å². The minimum absolute atomic E-state index is 0.0896. The van der Waals surface area contributed by atoms with Crippen LogP contribution < -0.4 is 15.5 Å². The van der Waals surface area contributed by atoms with Gasteiger partial charge >= 0.3 is 0 Å². The van der Waals surface area contributed by atoms with Crippen molar-refractivity contribution in [3.8, 4) is 33.4 Å². The summed E-state index contributed by atoms with van der Waals surface area (Å²) in [5, 5.41) is 7.12. The molecule has 0 radical (unpaired) electrons. The topological polar surface area (TPSA) is 27.3 Å². The second kappa shape index (κ2) is 12.6. The average molecular weight is 620 g/mol. The number of fused-ring (bicyclic) bond motifs is 1. The molecule has 48 heavy (non-hydrogen) atoms. The summed E-state index contributed by atoms with van der Waals surface area (Å²) in [7, 11) is 0. The van der Waals surface area contributed by atoms with Crippen molar-refractivity contribution in [2.75, 3.05) is 15.5 Å². The maximum absolute atomic E-state index is 3.56. The number of nitrogens with zero attached hydrogens (tertiary/aromatic N) is 1. The number of hydrogen-bond acceptors (Lipinski definition) is 3. The molecular weight excluding hydrogens is 583 g/mol. The lowest BCUT2D eigenvalue weighted by Crippen LogP contribution is -2.11. The fourth-order valence-electron chi connectivity index (χ4n) is 6.46. The molecule has 3 heteroatoms. The highest BCUT2D eigenvalue weighted by molar-refractivity contribution is 5.80. The molecule has 0 fully saturated rings. The van der Waals surface area contributed by atoms with E-state index in [-0.39, 0.29) is 6.17 Å². The summed E-state index contributed by atoms with van der Waals surface area (Å²) in [5.41, 5.74) is 16.7. The second-order valence-corrected chi connectivity index (χ2v) is 12.6. The zero-order valence-electron chi connectivity index (χ0n) is 27.2. The van der Waals surface area contributed by atoms with Gasteiger partial charge in [0.1, 0.15) is 6.17 Å². The van der Waals surface area contributed by atoms with Gasteiger partial charge in [0, 0.05) is 17.1 Å². The first-order valence-electron chi connectivity index (χ1n) is 16.5. The largest absolute Gasteiger partial charge is 0.360 e. The Labute approximate surface area is 283 Å². The minimum Gasteiger partial charge on any atom is -0.360 e. The van der Waals surface area contributed by atoms with Crippen molar-refractivity contribution in [3.05, 3.63) is 187 Å². The Morgan fingerprint density at radius 3 is 1.00 bits per heavy atom. The molecule has 0 saturated carbocycles. The van der Waals surface area contributed by atoms with Gasteiger partial charge in [0.15, 0.2) is 0 Å². The molecule has 0 saturated heterocycles. The number of benzene rings is 7. The summed E-state index contributed by atoms with van der Waals surface area (Å²) in [6.45, 7) is 4.25. The number of rotatable bonds is 7. The summed E-state index contributed by atoms with van der Waals surface area (Å²) in [4.78, 5) is 2.31. The Balaban J connectivity index is 0.966. The molecule has 0 spiro atoms. The molecule has 8 rings (SSSR count). The number of para-hydroxylation sites is 2. The third kappa shape index (κ3) is 5.94. The van der Waals surface area contributed by atoms with Crippen LogP contribution in [0.2, 0.25) is 0 Å². The summed E-state index contributed by atoms with van der Waals surface area (Å²) < 4.78 is 0. The summed E-state index contributed by atoms with van der Waals surface area (Å²) in [6.07, 6.45) is 0.0896. The highest BCUT2D eigenvalue weighted by Gasteiger charge is 2.20. The van der Waals surface area contributed by atoms with Crippen LogP contribution in [0.15, 0.2) is 170 Å². The molecule has 7 aromatic rings. The summed E-state index contributed by atoms with van der Waals surface area (Å²) in [6, 6.07) is 61.2. The normalized spacial score (nSPS) is 12.2. The van der Waals surface area contributed by atoms with E-state index >= 15 is 0 Å². The Hall–Kier alpha value is -6.06. The van der Waals surface area contributed by atoms with Crippen LogP contribution in [0.1, 0.15) is 22.9 Å². The minimum atomic E-state index is 0.0896. The van der Waals surface area contributed by atoms with Crippen molar-refractivity contribution in [2.45, 2.75) is 20.0 Å². The maximum Gasteiger partial charge on any atom is 0.123 e. The molecule has 0 amide bonds. The molecule has 1 heterocycles. The first-order valence-corrected chi connectivity index (χ1v) is 16.5. The lowest BCUT2D eigenvalue weighted by atomic mass is 9.97. The van der Waals surface area contributed by atoms with Gasteiger partial charge in [-0.25, -0.2) is 0 Å². The highest BCUT2D eigenvalue weighted by atomic mass is 15.2. The van der Waals surface area contributed by atoms with E-state index in [0.717, 1.165) is 28.4 Å². The second-order valence-electron chi connectivity index (χ2n) is 12.6. The van der Waals surface area contributed by atoms with Crippen molar-refractivity contribution < 1.29 is 0 Å². The van der Waals surface area contributed by atoms with Crippen molar-refractivity contribution in [2.24, 2.45) is 0 Å². The van der Waals surface area contributed by atoms with E-state index in [1.807, 2.05) is 0 Å². The van der Waals surface area contributed by atoms with Crippen LogP contribution in [0.4, 0.5) is 28.4 Å². The Morgan fingerprint density at radius 2 is 0.646 bits per heavy atom. The van der Waals surface area contributed by atoms with E-state index in [1.165, 1.54) is 50.1 Å². The molecule has 0 atom stereocenters. The van der Waals surface area contributed by atoms with E-state index in [9.17, 15) is 0 Å². The van der Waals surface area contributed by atoms with Crippen LogP contribution in [0.3, 0.4) is 0 Å². The van der Waals surface area contributed by atoms with Gasteiger partial charge in [-0.1, -0.05) is 132 Å². The molecule has 3 nitrogen and oxygen atoms in total. The Morgan fingerprint density at radius 1 is 0.354 bits per heavy atom. The molecular formula is C45H37N3. The third-order valence-corrected chi connectivity index (χ3v) is 9.25. The Kier molecular flexibility index (Phi) is 7.72. The zero-order chi connectivity index (χ0) is 32.5. The zero-order valence-corrected chi connectivity index (χ0v) is 27.2. The molecule has 0 aliphatic carbocycles. The summed E-state index contributed by atoms with van der Waals surface area (Å²) >= 11 is 0. The van der Waals surface area contributed by atoms with E-state index in [4.69, 9.17) is 0 Å². The SMILES string of the molecule is Cc1ccc(N(c2ccc(C)cc2)c2ccc(-c3ccc(-c4ccc(-c5ccc(C6Nc7ccccc7N6)cc5)cc4)cc3)cc2)cc1. The number of nitrogens with one attached hydrogen (secondary N) is 2. The molecule has 1 aliphatic rings. The van der Waals surface area contributed by atoms with Crippen LogP contribution >= 0.6 is 0 Å². The van der Waals surface area contributed by atoms with Crippen LogP contribution in [-0.4, -0.2) is 0 Å². The van der Waals surface area contributed by atoms with Crippen LogP contribution in [-0.2, 0) is 0 Å². The lowest BCUT2D eigenvalue weighted by Gasteiger charge is -2.26. The van der Waals surface area contributed by atoms with Crippen LogP contribution in [0, 0.1) is 13.8 Å². The fourth-order valence-corrected chi connectivity index (χ4v) is 6.46. The number of hydrogen-bond donors (Lipinski definition) is 2. The van der Waals surface area contributed by atoms with Crippen LogP contribution in [0.25, 0.3) is 33.4 Å². The molecule has 0 aromatic heterocycles. The van der Waals surface area contributed by atoms with Gasteiger partial charge < -0.3 is 15.5 Å². The summed E-state index contributed by atoms with van der Waals surface area (Å²) in [5.74, 6) is 0. The molecule has 0 unspecified atom stereocenters. The van der Waals surface area contributed by atoms with E-state index in [0.29, 0.717) is 0 Å².